The number of nitrogens with one attached hydrogen (secondary N) is 2. The molecule has 0 radical (unpaired) electrons. The molecular weight excluding hydrogens is 392 g/mol. The number of benzene rings is 2. The van der Waals surface area contributed by atoms with Crippen molar-refractivity contribution in [3.8, 4) is 5.75 Å². The molecule has 3 N–H and O–H groups in total. The highest BCUT2D eigenvalue weighted by Gasteiger charge is 2.21. The van der Waals surface area contributed by atoms with Gasteiger partial charge in [0.1, 0.15) is 5.75 Å². The van der Waals surface area contributed by atoms with E-state index in [0.717, 1.165) is 35.2 Å². The van der Waals surface area contributed by atoms with Gasteiger partial charge in [0.2, 0.25) is 0 Å². The number of amidine groups is 1. The molecule has 154 valence electrons. The molecule has 0 aromatic heterocycles. The molecule has 7 nitrogen and oxygen atoms in total. The van der Waals surface area contributed by atoms with Gasteiger partial charge >= 0.3 is 0 Å². The van der Waals surface area contributed by atoms with Crippen LogP contribution in [0, 0.1) is 10.8 Å². The van der Waals surface area contributed by atoms with Gasteiger partial charge in [-0.1, -0.05) is 23.7 Å². The van der Waals surface area contributed by atoms with Crippen molar-refractivity contribution in [2.24, 2.45) is 4.99 Å². The van der Waals surface area contributed by atoms with Gasteiger partial charge in [-0.05, 0) is 44.0 Å². The van der Waals surface area contributed by atoms with Gasteiger partial charge in [0, 0.05) is 29.6 Å². The molecule has 0 aliphatic carbocycles. The van der Waals surface area contributed by atoms with E-state index >= 15 is 0 Å². The first kappa shape index (κ1) is 23.8. The highest BCUT2D eigenvalue weighted by molar-refractivity contribution is 6.30. The summed E-state index contributed by atoms with van der Waals surface area (Å²) in [6.45, 7) is 6.69. The third kappa shape index (κ3) is 6.73. The molecule has 1 heterocycles. The van der Waals surface area contributed by atoms with Crippen LogP contribution in [0.4, 0.5) is 5.69 Å². The van der Waals surface area contributed by atoms with Crippen LogP contribution in [-0.2, 0) is 4.79 Å². The van der Waals surface area contributed by atoms with Gasteiger partial charge in [0.15, 0.2) is 0 Å². The first-order valence-electron chi connectivity index (χ1n) is 8.70. The number of ether oxygens (including phenoxy) is 1. The standard InChI is InChI=1S/C18H18ClN3O.C2H4O2.CH3N/c1-12(20)22-10-9-21-18(13-3-5-14(19)6-4-13)16-11-15(23-2)7-8-17(16)22;1-2(3)4;1-2/h3-8,11,20H,9-10H2,1-2H3;1H3,(H,3,4);2H,1H2. The van der Waals surface area contributed by atoms with Crippen molar-refractivity contribution in [3.63, 3.8) is 0 Å². The largest absolute Gasteiger partial charge is 0.497 e. The van der Waals surface area contributed by atoms with E-state index in [-0.39, 0.29) is 0 Å². The molecule has 29 heavy (non-hydrogen) atoms. The molecule has 8 heteroatoms. The van der Waals surface area contributed by atoms with Crippen molar-refractivity contribution in [3.05, 3.63) is 58.6 Å². The molecule has 0 atom stereocenters. The fourth-order valence-corrected chi connectivity index (χ4v) is 2.86. The normalized spacial score (nSPS) is 12.0. The summed E-state index contributed by atoms with van der Waals surface area (Å²) in [6.07, 6.45) is 0. The molecule has 0 amide bonds. The van der Waals surface area contributed by atoms with Crippen LogP contribution in [-0.4, -0.2) is 49.5 Å². The van der Waals surface area contributed by atoms with Gasteiger partial charge in [0.25, 0.3) is 5.97 Å². The zero-order valence-corrected chi connectivity index (χ0v) is 17.5. The van der Waals surface area contributed by atoms with E-state index < -0.39 is 5.97 Å². The van der Waals surface area contributed by atoms with E-state index in [9.17, 15) is 0 Å². The summed E-state index contributed by atoms with van der Waals surface area (Å²) in [6, 6.07) is 13.6. The molecule has 0 spiro atoms. The fraction of sp³-hybridized carbons (Fsp3) is 0.238. The Labute approximate surface area is 175 Å². The van der Waals surface area contributed by atoms with Crippen molar-refractivity contribution < 1.29 is 14.6 Å². The van der Waals surface area contributed by atoms with Crippen LogP contribution in [0.25, 0.3) is 0 Å². The first-order chi connectivity index (χ1) is 13.8. The number of carbonyl (C=O) groups is 1. The van der Waals surface area contributed by atoms with Gasteiger partial charge in [-0.25, -0.2) is 0 Å². The molecule has 0 bridgehead atoms. The van der Waals surface area contributed by atoms with Crippen LogP contribution in [0.3, 0.4) is 0 Å². The number of rotatable bonds is 2. The summed E-state index contributed by atoms with van der Waals surface area (Å²) < 4.78 is 5.37. The molecule has 1 aliphatic heterocycles. The Kier molecular flexibility index (Phi) is 9.55. The number of aliphatic imine (C=N–C) groups is 1. The topological polar surface area (TPSA) is 110 Å². The monoisotopic (exact) mass is 416 g/mol. The van der Waals surface area contributed by atoms with Gasteiger partial charge in [-0.3, -0.25) is 15.2 Å². The second kappa shape index (κ2) is 11.6. The van der Waals surface area contributed by atoms with Crippen LogP contribution in [0.2, 0.25) is 5.02 Å². The van der Waals surface area contributed by atoms with E-state index in [4.69, 9.17) is 42.0 Å². The number of halogens is 1. The molecule has 0 fully saturated rings. The molecular formula is C21H25ClN4O3. The van der Waals surface area contributed by atoms with Crippen LogP contribution in [0.5, 0.6) is 5.75 Å². The van der Waals surface area contributed by atoms with E-state index in [0.29, 0.717) is 23.9 Å². The SMILES string of the molecule is C=N.CC(=O)O.COc1ccc2c(c1)C(c1ccc(Cl)cc1)=NCCN2C(C)=N. The molecule has 0 saturated heterocycles. The van der Waals surface area contributed by atoms with E-state index in [2.05, 4.69) is 6.72 Å². The quantitative estimate of drug-likeness (QED) is 0.499. The first-order valence-corrected chi connectivity index (χ1v) is 9.07. The Balaban J connectivity index is 0.000000627. The van der Waals surface area contributed by atoms with E-state index in [1.165, 1.54) is 0 Å². The number of carboxylic acid groups (broad SMARTS) is 1. The molecule has 3 rings (SSSR count). The summed E-state index contributed by atoms with van der Waals surface area (Å²) in [5, 5.41) is 21.7. The maximum atomic E-state index is 9.00. The molecule has 0 saturated carbocycles. The van der Waals surface area contributed by atoms with Crippen molar-refractivity contribution in [1.29, 1.82) is 10.8 Å². The summed E-state index contributed by atoms with van der Waals surface area (Å²) in [7, 11) is 1.65. The third-order valence-corrected chi connectivity index (χ3v) is 4.12. The van der Waals surface area contributed by atoms with E-state index in [1.54, 1.807) is 14.0 Å². The fourth-order valence-electron chi connectivity index (χ4n) is 2.74. The summed E-state index contributed by atoms with van der Waals surface area (Å²) >= 11 is 6.00. The maximum absolute atomic E-state index is 9.00. The van der Waals surface area contributed by atoms with Gasteiger partial charge < -0.3 is 20.2 Å². The molecule has 1 aliphatic rings. The van der Waals surface area contributed by atoms with Gasteiger partial charge in [0.05, 0.1) is 30.9 Å². The number of nitrogens with zero attached hydrogens (tertiary/aromatic N) is 2. The number of methoxy groups -OCH3 is 1. The minimum Gasteiger partial charge on any atom is -0.497 e. The number of aliphatic carboxylic acids is 1. The number of carboxylic acids is 1. The zero-order valence-electron chi connectivity index (χ0n) is 16.7. The van der Waals surface area contributed by atoms with Crippen LogP contribution in [0.15, 0.2) is 47.5 Å². The molecule has 2 aromatic carbocycles. The lowest BCUT2D eigenvalue weighted by molar-refractivity contribution is -0.134. The van der Waals surface area contributed by atoms with Crippen molar-refractivity contribution in [1.82, 2.24) is 0 Å². The highest BCUT2D eigenvalue weighted by Crippen LogP contribution is 2.30. The predicted molar refractivity (Wildman–Crippen MR) is 119 cm³/mol. The van der Waals surface area contributed by atoms with Crippen LogP contribution >= 0.6 is 11.6 Å². The Bertz CT molecular complexity index is 878. The van der Waals surface area contributed by atoms with Crippen molar-refractivity contribution in [2.45, 2.75) is 13.8 Å². The molecule has 0 unspecified atom stereocenters. The Morgan fingerprint density at radius 1 is 1.21 bits per heavy atom. The summed E-state index contributed by atoms with van der Waals surface area (Å²) in [5.41, 5.74) is 3.85. The third-order valence-electron chi connectivity index (χ3n) is 3.87. The maximum Gasteiger partial charge on any atom is 0.300 e. The Morgan fingerprint density at radius 3 is 2.31 bits per heavy atom. The van der Waals surface area contributed by atoms with E-state index in [1.807, 2.05) is 47.4 Å². The van der Waals surface area contributed by atoms with Crippen LogP contribution < -0.4 is 9.64 Å². The summed E-state index contributed by atoms with van der Waals surface area (Å²) in [5.74, 6) is 0.443. The predicted octanol–water partition coefficient (Wildman–Crippen LogP) is 4.36. The lowest BCUT2D eigenvalue weighted by atomic mass is 10.00. The second-order valence-electron chi connectivity index (χ2n) is 5.88. The Morgan fingerprint density at radius 2 is 1.79 bits per heavy atom. The summed E-state index contributed by atoms with van der Waals surface area (Å²) in [4.78, 5) is 15.7. The Hall–Kier alpha value is -3.19. The lowest BCUT2D eigenvalue weighted by Crippen LogP contribution is -2.30. The smallest absolute Gasteiger partial charge is 0.300 e. The lowest BCUT2D eigenvalue weighted by Gasteiger charge is -2.23. The zero-order chi connectivity index (χ0) is 22.0. The number of anilines is 1. The van der Waals surface area contributed by atoms with Crippen molar-refractivity contribution in [2.75, 3.05) is 25.1 Å². The average Bonchev–Trinajstić information content (AvgIpc) is 2.89. The number of hydrogen-bond donors (Lipinski definition) is 3. The van der Waals surface area contributed by atoms with Gasteiger partial charge in [-0.15, -0.1) is 0 Å². The second-order valence-corrected chi connectivity index (χ2v) is 6.31. The minimum atomic E-state index is -0.833. The number of benzodiazepines with no additional fused rings is 1. The van der Waals surface area contributed by atoms with Crippen LogP contribution in [0.1, 0.15) is 25.0 Å². The number of fused-ring (bicyclic) bond motifs is 1. The van der Waals surface area contributed by atoms with Crippen molar-refractivity contribution >= 4 is 41.5 Å². The minimum absolute atomic E-state index is 0.504. The molecule has 2 aromatic rings. The van der Waals surface area contributed by atoms with Gasteiger partial charge in [-0.2, -0.15) is 0 Å². The number of hydrogen-bond acceptors (Lipinski definition) is 5. The highest BCUT2D eigenvalue weighted by atomic mass is 35.5. The average molecular weight is 417 g/mol.